The summed E-state index contributed by atoms with van der Waals surface area (Å²) < 4.78 is 0. The molecule has 0 atom stereocenters. The van der Waals surface area contributed by atoms with Gasteiger partial charge in [-0.2, -0.15) is 0 Å². The van der Waals surface area contributed by atoms with Gasteiger partial charge >= 0.3 is 0 Å². The number of rotatable bonds is 0. The van der Waals surface area contributed by atoms with Crippen LogP contribution in [0.3, 0.4) is 0 Å². The monoisotopic (exact) mass is 254 g/mol. The first-order valence-corrected chi connectivity index (χ1v) is 5.79. The van der Waals surface area contributed by atoms with Crippen molar-refractivity contribution in [3.05, 3.63) is 62.3 Å². The molecule has 0 amide bonds. The lowest BCUT2D eigenvalue weighted by Gasteiger charge is -2.17. The van der Waals surface area contributed by atoms with E-state index in [1.165, 1.54) is 12.3 Å². The Balaban J connectivity index is 2.39. The summed E-state index contributed by atoms with van der Waals surface area (Å²) in [5.74, 6) is -0.681. The van der Waals surface area contributed by atoms with Crippen molar-refractivity contribution in [2.75, 3.05) is 0 Å². The minimum atomic E-state index is -0.412. The third-order valence-electron chi connectivity index (χ3n) is 3.18. The summed E-state index contributed by atoms with van der Waals surface area (Å²) in [5, 5.41) is 0. The second-order valence-electron chi connectivity index (χ2n) is 4.63. The van der Waals surface area contributed by atoms with Gasteiger partial charge in [-0.25, -0.2) is 0 Å². The predicted molar refractivity (Wildman–Crippen MR) is 67.6 cm³/mol. The Hall–Kier alpha value is -2.56. The highest BCUT2D eigenvalue weighted by atomic mass is 16.1. The van der Waals surface area contributed by atoms with Gasteiger partial charge in [0.15, 0.2) is 5.78 Å². The Morgan fingerprint density at radius 3 is 2.53 bits per heavy atom. The molecular weight excluding hydrogens is 244 g/mol. The van der Waals surface area contributed by atoms with E-state index < -0.39 is 11.3 Å². The van der Waals surface area contributed by atoms with Crippen LogP contribution in [-0.4, -0.2) is 21.5 Å². The molecule has 5 heteroatoms. The van der Waals surface area contributed by atoms with Crippen molar-refractivity contribution in [2.24, 2.45) is 0 Å². The number of aromatic nitrogens is 2. The lowest BCUT2D eigenvalue weighted by atomic mass is 9.87. The Morgan fingerprint density at radius 1 is 1.05 bits per heavy atom. The van der Waals surface area contributed by atoms with E-state index in [9.17, 15) is 14.4 Å². The molecule has 0 saturated carbocycles. The van der Waals surface area contributed by atoms with Crippen molar-refractivity contribution in [3.8, 4) is 0 Å². The van der Waals surface area contributed by atoms with Crippen molar-refractivity contribution < 1.29 is 9.59 Å². The summed E-state index contributed by atoms with van der Waals surface area (Å²) in [4.78, 5) is 42.6. The summed E-state index contributed by atoms with van der Waals surface area (Å²) in [6, 6.07) is 2.97. The van der Waals surface area contributed by atoms with Crippen LogP contribution in [0.15, 0.2) is 23.1 Å². The number of nitrogens with zero attached hydrogens (tertiary/aromatic N) is 1. The van der Waals surface area contributed by atoms with Crippen LogP contribution >= 0.6 is 0 Å². The molecule has 0 fully saturated rings. The molecule has 0 aromatic carbocycles. The van der Waals surface area contributed by atoms with Crippen molar-refractivity contribution in [1.29, 1.82) is 0 Å². The quantitative estimate of drug-likeness (QED) is 0.653. The minimum absolute atomic E-state index is 0.0406. The number of nitrogens with one attached hydrogen (secondary N) is 1. The average molecular weight is 254 g/mol. The van der Waals surface area contributed by atoms with Crippen molar-refractivity contribution in [1.82, 2.24) is 9.97 Å². The molecule has 2 heterocycles. The van der Waals surface area contributed by atoms with Crippen LogP contribution in [0.5, 0.6) is 0 Å². The van der Waals surface area contributed by atoms with Gasteiger partial charge in [0.1, 0.15) is 11.4 Å². The number of ketones is 2. The smallest absolute Gasteiger partial charge is 0.248 e. The molecule has 2 aromatic rings. The van der Waals surface area contributed by atoms with Crippen LogP contribution in [0.25, 0.3) is 0 Å². The number of carbonyl (C=O) groups is 2. The Bertz CT molecular complexity index is 803. The number of hydrogen-bond donors (Lipinski definition) is 1. The van der Waals surface area contributed by atoms with Gasteiger partial charge in [-0.15, -0.1) is 0 Å². The Kier molecular flexibility index (Phi) is 2.25. The number of aromatic amines is 1. The van der Waals surface area contributed by atoms with E-state index in [1.807, 2.05) is 0 Å². The van der Waals surface area contributed by atoms with Crippen LogP contribution in [0.2, 0.25) is 0 Å². The van der Waals surface area contributed by atoms with Crippen molar-refractivity contribution in [2.45, 2.75) is 13.8 Å². The summed E-state index contributed by atoms with van der Waals surface area (Å²) in [6.45, 7) is 3.45. The van der Waals surface area contributed by atoms with Gasteiger partial charge in [0.05, 0.1) is 11.1 Å². The molecule has 3 rings (SSSR count). The fourth-order valence-electron chi connectivity index (χ4n) is 2.33. The molecule has 0 saturated heterocycles. The fraction of sp³-hybridized carbons (Fsp3) is 0.143. The van der Waals surface area contributed by atoms with Gasteiger partial charge < -0.3 is 4.98 Å². The first-order valence-electron chi connectivity index (χ1n) is 5.79. The van der Waals surface area contributed by atoms with Crippen molar-refractivity contribution in [3.63, 3.8) is 0 Å². The molecule has 5 nitrogen and oxygen atoms in total. The van der Waals surface area contributed by atoms with E-state index >= 15 is 0 Å². The first kappa shape index (κ1) is 11.5. The zero-order valence-electron chi connectivity index (χ0n) is 10.4. The largest absolute Gasteiger partial charge is 0.318 e. The van der Waals surface area contributed by atoms with Gasteiger partial charge in [-0.3, -0.25) is 19.4 Å². The molecule has 0 unspecified atom stereocenters. The second-order valence-corrected chi connectivity index (χ2v) is 4.63. The van der Waals surface area contributed by atoms with E-state index in [2.05, 4.69) is 9.97 Å². The molecule has 0 bridgehead atoms. The summed E-state index contributed by atoms with van der Waals surface area (Å²) in [5.41, 5.74) is 1.63. The van der Waals surface area contributed by atoms with Crippen LogP contribution in [-0.2, 0) is 0 Å². The molecule has 94 valence electrons. The first-order chi connectivity index (χ1) is 8.99. The van der Waals surface area contributed by atoms with Crippen LogP contribution in [0.4, 0.5) is 0 Å². The van der Waals surface area contributed by atoms with E-state index in [4.69, 9.17) is 0 Å². The maximum Gasteiger partial charge on any atom is 0.248 e. The van der Waals surface area contributed by atoms with Gasteiger partial charge in [0, 0.05) is 12.3 Å². The lowest BCUT2D eigenvalue weighted by molar-refractivity contribution is 0.0970. The Labute approximate surface area is 108 Å². The zero-order chi connectivity index (χ0) is 13.7. The van der Waals surface area contributed by atoms with E-state index in [0.29, 0.717) is 11.1 Å². The van der Waals surface area contributed by atoms with Gasteiger partial charge in [0.2, 0.25) is 11.3 Å². The maximum absolute atomic E-state index is 12.4. The molecule has 0 aliphatic heterocycles. The standard InChI is InChI=1S/C14H10N2O3/c1-6-3-8-11(15-5-6)14(19)12-10(13(8)18)7(2)4-9(17)16-12/h3-5H,1-2H3,(H,16,17). The van der Waals surface area contributed by atoms with E-state index in [0.717, 1.165) is 5.56 Å². The molecule has 1 aliphatic carbocycles. The third kappa shape index (κ3) is 1.55. The van der Waals surface area contributed by atoms with Crippen LogP contribution in [0.1, 0.15) is 43.2 Å². The number of aryl methyl sites for hydroxylation is 2. The molecule has 0 radical (unpaired) electrons. The Morgan fingerprint density at radius 2 is 1.79 bits per heavy atom. The molecule has 19 heavy (non-hydrogen) atoms. The number of fused-ring (bicyclic) bond motifs is 2. The molecule has 0 spiro atoms. The molecule has 2 aromatic heterocycles. The molecular formula is C14H10N2O3. The van der Waals surface area contributed by atoms with Gasteiger partial charge in [-0.1, -0.05) is 0 Å². The summed E-state index contributed by atoms with van der Waals surface area (Å²) in [6.07, 6.45) is 1.53. The predicted octanol–water partition coefficient (Wildman–Crippen LogP) is 1.16. The average Bonchev–Trinajstić information content (AvgIpc) is 2.35. The zero-order valence-corrected chi connectivity index (χ0v) is 10.4. The normalized spacial score (nSPS) is 13.2. The van der Waals surface area contributed by atoms with Crippen LogP contribution in [0, 0.1) is 13.8 Å². The molecule has 1 N–H and O–H groups in total. The second kappa shape index (κ2) is 3.71. The van der Waals surface area contributed by atoms with E-state index in [-0.39, 0.29) is 22.7 Å². The topological polar surface area (TPSA) is 79.9 Å². The van der Waals surface area contributed by atoms with E-state index in [1.54, 1.807) is 19.9 Å². The highest BCUT2D eigenvalue weighted by Gasteiger charge is 2.33. The fourth-order valence-corrected chi connectivity index (χ4v) is 2.33. The number of H-pyrrole nitrogens is 1. The highest BCUT2D eigenvalue weighted by Crippen LogP contribution is 2.26. The van der Waals surface area contributed by atoms with Gasteiger partial charge in [-0.05, 0) is 31.0 Å². The third-order valence-corrected chi connectivity index (χ3v) is 3.18. The number of pyridine rings is 2. The summed E-state index contributed by atoms with van der Waals surface area (Å²) >= 11 is 0. The lowest BCUT2D eigenvalue weighted by Crippen LogP contribution is -2.28. The van der Waals surface area contributed by atoms with Gasteiger partial charge in [0.25, 0.3) is 0 Å². The SMILES string of the molecule is Cc1cnc2c(c1)C(=O)c1c(C)cc(=O)[nH]c1C2=O. The highest BCUT2D eigenvalue weighted by molar-refractivity contribution is 6.27. The molecule has 1 aliphatic rings. The van der Waals surface area contributed by atoms with Crippen molar-refractivity contribution >= 4 is 11.6 Å². The minimum Gasteiger partial charge on any atom is -0.318 e. The number of hydrogen-bond acceptors (Lipinski definition) is 4. The number of carbonyl (C=O) groups excluding carboxylic acids is 2. The maximum atomic E-state index is 12.4. The van der Waals surface area contributed by atoms with Crippen LogP contribution < -0.4 is 5.56 Å². The summed E-state index contributed by atoms with van der Waals surface area (Å²) in [7, 11) is 0.